The summed E-state index contributed by atoms with van der Waals surface area (Å²) in [7, 11) is 0. The summed E-state index contributed by atoms with van der Waals surface area (Å²) in [5, 5.41) is 12.6. The van der Waals surface area contributed by atoms with Crippen molar-refractivity contribution in [1.29, 1.82) is 0 Å². The van der Waals surface area contributed by atoms with Gasteiger partial charge in [0.15, 0.2) is 0 Å². The zero-order valence-corrected chi connectivity index (χ0v) is 11.5. The smallest absolute Gasteiger partial charge is 0.259 e. The van der Waals surface area contributed by atoms with Crippen LogP contribution in [0.4, 0.5) is 0 Å². The molecule has 1 aromatic carbocycles. The Kier molecular flexibility index (Phi) is 2.79. The molecule has 0 saturated heterocycles. The van der Waals surface area contributed by atoms with Crippen LogP contribution in [-0.4, -0.2) is 19.5 Å². The summed E-state index contributed by atoms with van der Waals surface area (Å²) < 4.78 is 2.65. The van der Waals surface area contributed by atoms with E-state index in [1.807, 2.05) is 36.5 Å². The van der Waals surface area contributed by atoms with Gasteiger partial charge >= 0.3 is 0 Å². The van der Waals surface area contributed by atoms with Gasteiger partial charge in [0.05, 0.1) is 0 Å². The number of hydrogen-bond acceptors (Lipinski definition) is 4. The van der Waals surface area contributed by atoms with E-state index in [0.717, 1.165) is 4.73 Å². The topological polar surface area (TPSA) is 70.5 Å². The second kappa shape index (κ2) is 4.92. The molecule has 106 valence electrons. The molecule has 0 aliphatic carbocycles. The lowest BCUT2D eigenvalue weighted by Crippen LogP contribution is -2.31. The summed E-state index contributed by atoms with van der Waals surface area (Å²) in [5.41, 5.74) is 2.34. The van der Waals surface area contributed by atoms with E-state index in [9.17, 15) is 5.21 Å². The number of benzene rings is 1. The van der Waals surface area contributed by atoms with E-state index >= 15 is 0 Å². The van der Waals surface area contributed by atoms with Gasteiger partial charge in [0, 0.05) is 24.7 Å². The maximum absolute atomic E-state index is 12.6. The molecule has 0 aliphatic rings. The second-order valence-corrected chi connectivity index (χ2v) is 4.74. The summed E-state index contributed by atoms with van der Waals surface area (Å²) in [5.74, 6) is 0.510. The van der Waals surface area contributed by atoms with Crippen LogP contribution in [0.2, 0.25) is 0 Å². The SMILES string of the molecule is [O-][n+]1c(-c2cccn2-c2ncccn2)cnc2ccccc21. The maximum atomic E-state index is 12.6. The molecule has 22 heavy (non-hydrogen) atoms. The number of nitrogens with zero attached hydrogens (tertiary/aromatic N) is 5. The highest BCUT2D eigenvalue weighted by molar-refractivity contribution is 5.72. The van der Waals surface area contributed by atoms with Crippen molar-refractivity contribution < 1.29 is 4.73 Å². The van der Waals surface area contributed by atoms with Gasteiger partial charge in [-0.2, -0.15) is 4.73 Å². The molecule has 4 rings (SSSR count). The highest BCUT2D eigenvalue weighted by atomic mass is 16.5. The van der Waals surface area contributed by atoms with Crippen molar-refractivity contribution in [3.8, 4) is 17.3 Å². The summed E-state index contributed by atoms with van der Waals surface area (Å²) in [6.07, 6.45) is 6.72. The van der Waals surface area contributed by atoms with Crippen LogP contribution in [0.25, 0.3) is 28.4 Å². The second-order valence-electron chi connectivity index (χ2n) is 4.74. The Bertz CT molecular complexity index is 949. The fourth-order valence-corrected chi connectivity index (χ4v) is 2.41. The molecule has 0 fully saturated rings. The lowest BCUT2D eigenvalue weighted by Gasteiger charge is -2.09. The van der Waals surface area contributed by atoms with E-state index in [4.69, 9.17) is 0 Å². The molecule has 0 amide bonds. The first-order valence-electron chi connectivity index (χ1n) is 6.77. The van der Waals surface area contributed by atoms with E-state index in [2.05, 4.69) is 15.0 Å². The van der Waals surface area contributed by atoms with E-state index in [1.54, 1.807) is 35.3 Å². The monoisotopic (exact) mass is 289 g/mol. The van der Waals surface area contributed by atoms with Gasteiger partial charge in [0.2, 0.25) is 11.5 Å². The van der Waals surface area contributed by atoms with E-state index in [0.29, 0.717) is 28.4 Å². The third-order valence-electron chi connectivity index (χ3n) is 3.42. The van der Waals surface area contributed by atoms with Crippen LogP contribution in [0.5, 0.6) is 0 Å². The molecule has 4 aromatic rings. The van der Waals surface area contributed by atoms with Crippen LogP contribution in [0.3, 0.4) is 0 Å². The molecular formula is C16H11N5O. The minimum atomic E-state index is 0.455. The minimum Gasteiger partial charge on any atom is -0.618 e. The lowest BCUT2D eigenvalue weighted by atomic mass is 10.2. The molecule has 0 saturated carbocycles. The predicted octanol–water partition coefficient (Wildman–Crippen LogP) is 2.12. The van der Waals surface area contributed by atoms with Crippen molar-refractivity contribution in [2.24, 2.45) is 0 Å². The summed E-state index contributed by atoms with van der Waals surface area (Å²) >= 11 is 0. The molecule has 0 spiro atoms. The van der Waals surface area contributed by atoms with Gasteiger partial charge < -0.3 is 5.21 Å². The third-order valence-corrected chi connectivity index (χ3v) is 3.42. The molecular weight excluding hydrogens is 278 g/mol. The first-order chi connectivity index (χ1) is 10.8. The highest BCUT2D eigenvalue weighted by Gasteiger charge is 2.18. The van der Waals surface area contributed by atoms with Crippen molar-refractivity contribution in [2.45, 2.75) is 0 Å². The van der Waals surface area contributed by atoms with Crippen LogP contribution >= 0.6 is 0 Å². The largest absolute Gasteiger partial charge is 0.618 e. The van der Waals surface area contributed by atoms with Gasteiger partial charge in [-0.15, -0.1) is 0 Å². The van der Waals surface area contributed by atoms with Crippen LogP contribution in [0.1, 0.15) is 0 Å². The summed E-state index contributed by atoms with van der Waals surface area (Å²) in [6, 6.07) is 12.7. The summed E-state index contributed by atoms with van der Waals surface area (Å²) in [6.45, 7) is 0. The normalized spacial score (nSPS) is 10.9. The molecule has 0 unspecified atom stereocenters. The fourth-order valence-electron chi connectivity index (χ4n) is 2.41. The molecule has 3 heterocycles. The van der Waals surface area contributed by atoms with E-state index < -0.39 is 0 Å². The first kappa shape index (κ1) is 12.5. The molecule has 6 nitrogen and oxygen atoms in total. The van der Waals surface area contributed by atoms with Crippen molar-refractivity contribution in [2.75, 3.05) is 0 Å². The van der Waals surface area contributed by atoms with Gasteiger partial charge in [0.25, 0.3) is 5.69 Å². The van der Waals surface area contributed by atoms with Crippen molar-refractivity contribution in [3.05, 3.63) is 72.5 Å². The van der Waals surface area contributed by atoms with Crippen molar-refractivity contribution in [3.63, 3.8) is 0 Å². The predicted molar refractivity (Wildman–Crippen MR) is 81.1 cm³/mol. The Labute approximate surface area is 125 Å². The van der Waals surface area contributed by atoms with Gasteiger partial charge in [-0.05, 0) is 24.3 Å². The van der Waals surface area contributed by atoms with E-state index in [-0.39, 0.29) is 0 Å². The van der Waals surface area contributed by atoms with Crippen LogP contribution in [0.15, 0.2) is 67.3 Å². The number of hydrogen-bond donors (Lipinski definition) is 0. The third kappa shape index (κ3) is 1.89. The Morgan fingerprint density at radius 3 is 2.59 bits per heavy atom. The fraction of sp³-hybridized carbons (Fsp3) is 0. The summed E-state index contributed by atoms with van der Waals surface area (Å²) in [4.78, 5) is 12.8. The Morgan fingerprint density at radius 1 is 0.909 bits per heavy atom. The van der Waals surface area contributed by atoms with Gasteiger partial charge in [-0.1, -0.05) is 12.1 Å². The number of rotatable bonds is 2. The Hall–Kier alpha value is -3.28. The molecule has 0 radical (unpaired) electrons. The van der Waals surface area contributed by atoms with E-state index in [1.165, 1.54) is 0 Å². The average Bonchev–Trinajstić information content (AvgIpc) is 3.06. The minimum absolute atomic E-state index is 0.455. The molecule has 0 atom stereocenters. The highest BCUT2D eigenvalue weighted by Crippen LogP contribution is 2.20. The Morgan fingerprint density at radius 2 is 1.73 bits per heavy atom. The molecule has 0 N–H and O–H groups in total. The average molecular weight is 289 g/mol. The lowest BCUT2D eigenvalue weighted by molar-refractivity contribution is -0.565. The molecule has 6 heteroatoms. The van der Waals surface area contributed by atoms with Crippen molar-refractivity contribution >= 4 is 11.0 Å². The van der Waals surface area contributed by atoms with Crippen molar-refractivity contribution in [1.82, 2.24) is 19.5 Å². The van der Waals surface area contributed by atoms with Crippen LogP contribution < -0.4 is 4.73 Å². The maximum Gasteiger partial charge on any atom is 0.259 e. The van der Waals surface area contributed by atoms with Crippen LogP contribution in [0, 0.1) is 5.21 Å². The van der Waals surface area contributed by atoms with Gasteiger partial charge in [-0.25, -0.2) is 15.0 Å². The van der Waals surface area contributed by atoms with Gasteiger partial charge in [0.1, 0.15) is 17.4 Å². The quantitative estimate of drug-likeness (QED) is 0.418. The zero-order chi connectivity index (χ0) is 14.9. The number of aromatic nitrogens is 5. The van der Waals surface area contributed by atoms with Crippen LogP contribution in [-0.2, 0) is 0 Å². The molecule has 3 aromatic heterocycles. The first-order valence-corrected chi connectivity index (χ1v) is 6.77. The number of para-hydroxylation sites is 2. The standard InChI is InChI=1S/C16H11N5O/c22-21-13-6-2-1-5-12(13)19-11-15(21)14-7-3-10-20(14)16-17-8-4-9-18-16/h1-11H. The molecule has 0 bridgehead atoms. The van der Waals surface area contributed by atoms with Gasteiger partial charge in [-0.3, -0.25) is 4.57 Å². The number of fused-ring (bicyclic) bond motifs is 1. The molecule has 0 aliphatic heterocycles. The zero-order valence-electron chi connectivity index (χ0n) is 11.5. The Balaban J connectivity index is 1.94.